The van der Waals surface area contributed by atoms with Gasteiger partial charge in [-0.1, -0.05) is 6.08 Å². The highest BCUT2D eigenvalue weighted by molar-refractivity contribution is 5.80. The first-order valence-electron chi connectivity index (χ1n) is 4.04. The number of carbonyl (C=O) groups excluding carboxylic acids is 1. The van der Waals surface area contributed by atoms with E-state index in [0.29, 0.717) is 6.54 Å². The van der Waals surface area contributed by atoms with Gasteiger partial charge in [-0.2, -0.15) is 0 Å². The number of hydrogen-bond donors (Lipinski definition) is 1. The number of ether oxygens (including phenoxy) is 2. The number of nitrogens with one attached hydrogen (secondary N) is 1. The largest absolute Gasteiger partial charge is 0.468 e. The molecule has 0 aromatic carbocycles. The van der Waals surface area contributed by atoms with Gasteiger partial charge in [0.1, 0.15) is 5.54 Å². The number of methoxy groups -OCH3 is 2. The van der Waals surface area contributed by atoms with E-state index >= 15 is 0 Å². The molecule has 0 saturated heterocycles. The summed E-state index contributed by atoms with van der Waals surface area (Å²) in [6.07, 6.45) is 1.68. The van der Waals surface area contributed by atoms with Gasteiger partial charge in [-0.15, -0.1) is 6.58 Å². The molecule has 1 unspecified atom stereocenters. The predicted octanol–water partition coefficient (Wildman–Crippen LogP) is 0.340. The van der Waals surface area contributed by atoms with Gasteiger partial charge >= 0.3 is 5.97 Å². The third-order valence-electron chi connectivity index (χ3n) is 1.71. The summed E-state index contributed by atoms with van der Waals surface area (Å²) in [5.74, 6) is -0.337. The lowest BCUT2D eigenvalue weighted by Gasteiger charge is -2.26. The van der Waals surface area contributed by atoms with Gasteiger partial charge in [0.05, 0.1) is 13.7 Å². The van der Waals surface area contributed by atoms with Crippen molar-refractivity contribution in [2.45, 2.75) is 12.5 Å². The summed E-state index contributed by atoms with van der Waals surface area (Å²) < 4.78 is 9.58. The molecule has 0 aliphatic carbocycles. The zero-order chi connectivity index (χ0) is 10.3. The van der Waals surface area contributed by atoms with Crippen molar-refractivity contribution in [3.8, 4) is 0 Å². The van der Waals surface area contributed by atoms with Crippen molar-refractivity contribution >= 4 is 5.97 Å². The smallest absolute Gasteiger partial charge is 0.328 e. The monoisotopic (exact) mass is 187 g/mol. The van der Waals surface area contributed by atoms with Crippen molar-refractivity contribution in [2.24, 2.45) is 0 Å². The van der Waals surface area contributed by atoms with Gasteiger partial charge in [0.25, 0.3) is 0 Å². The maximum absolute atomic E-state index is 11.3. The molecule has 0 fully saturated rings. The van der Waals surface area contributed by atoms with Crippen LogP contribution in [0.4, 0.5) is 0 Å². The molecular formula is C9H17NO3. The Morgan fingerprint density at radius 2 is 2.23 bits per heavy atom. The highest BCUT2D eigenvalue weighted by atomic mass is 16.5. The number of hydrogen-bond acceptors (Lipinski definition) is 4. The van der Waals surface area contributed by atoms with Crippen molar-refractivity contribution in [1.82, 2.24) is 5.32 Å². The maximum atomic E-state index is 11.3. The zero-order valence-corrected chi connectivity index (χ0v) is 8.42. The number of esters is 1. The Morgan fingerprint density at radius 1 is 1.62 bits per heavy atom. The molecule has 4 heteroatoms. The summed E-state index contributed by atoms with van der Waals surface area (Å²) in [5.41, 5.74) is -0.794. The van der Waals surface area contributed by atoms with Gasteiger partial charge in [-0.05, 0) is 6.92 Å². The molecule has 0 saturated carbocycles. The van der Waals surface area contributed by atoms with E-state index in [4.69, 9.17) is 4.74 Å². The van der Waals surface area contributed by atoms with Crippen molar-refractivity contribution in [3.05, 3.63) is 12.7 Å². The van der Waals surface area contributed by atoms with Crippen LogP contribution in [-0.4, -0.2) is 38.9 Å². The normalized spacial score (nSPS) is 14.7. The van der Waals surface area contributed by atoms with Crippen molar-refractivity contribution in [3.63, 3.8) is 0 Å². The Bertz CT molecular complexity index is 182. The minimum absolute atomic E-state index is 0.271. The molecule has 4 nitrogen and oxygen atoms in total. The van der Waals surface area contributed by atoms with Crippen LogP contribution in [0.5, 0.6) is 0 Å². The lowest BCUT2D eigenvalue weighted by Crippen LogP contribution is -2.53. The van der Waals surface area contributed by atoms with Crippen molar-refractivity contribution < 1.29 is 14.3 Å². The topological polar surface area (TPSA) is 47.6 Å². The molecular weight excluding hydrogens is 170 g/mol. The number of rotatable bonds is 6. The first kappa shape index (κ1) is 12.1. The summed E-state index contributed by atoms with van der Waals surface area (Å²) in [6, 6.07) is 0. The molecule has 0 radical (unpaired) electrons. The molecule has 0 aromatic heterocycles. The second kappa shape index (κ2) is 5.72. The Kier molecular flexibility index (Phi) is 5.34. The van der Waals surface area contributed by atoms with Crippen LogP contribution < -0.4 is 5.32 Å². The van der Waals surface area contributed by atoms with Crippen molar-refractivity contribution in [1.29, 1.82) is 0 Å². The molecule has 13 heavy (non-hydrogen) atoms. The first-order chi connectivity index (χ1) is 6.10. The lowest BCUT2D eigenvalue weighted by atomic mass is 10.0. The summed E-state index contributed by atoms with van der Waals surface area (Å²) >= 11 is 0. The molecule has 0 aliphatic rings. The Labute approximate surface area is 78.9 Å². The van der Waals surface area contributed by atoms with E-state index in [1.165, 1.54) is 14.2 Å². The van der Waals surface area contributed by atoms with Crippen molar-refractivity contribution in [2.75, 3.05) is 27.4 Å². The van der Waals surface area contributed by atoms with Crippen LogP contribution >= 0.6 is 0 Å². The maximum Gasteiger partial charge on any atom is 0.328 e. The fourth-order valence-electron chi connectivity index (χ4n) is 0.993. The van der Waals surface area contributed by atoms with Gasteiger partial charge in [0, 0.05) is 13.7 Å². The van der Waals surface area contributed by atoms with E-state index in [0.717, 1.165) is 0 Å². The molecule has 0 aromatic rings. The minimum atomic E-state index is -0.794. The lowest BCUT2D eigenvalue weighted by molar-refractivity contribution is -0.150. The van der Waals surface area contributed by atoms with E-state index in [1.807, 2.05) is 0 Å². The van der Waals surface area contributed by atoms with E-state index in [2.05, 4.69) is 16.6 Å². The molecule has 0 aliphatic heterocycles. The van der Waals surface area contributed by atoms with Crippen LogP contribution in [0.25, 0.3) is 0 Å². The fraction of sp³-hybridized carbons (Fsp3) is 0.667. The SMILES string of the molecule is C=CCNC(C)(COC)C(=O)OC. The van der Waals surface area contributed by atoms with E-state index in [9.17, 15) is 4.79 Å². The average Bonchev–Trinajstić information content (AvgIpc) is 2.14. The molecule has 0 rings (SSSR count). The zero-order valence-electron chi connectivity index (χ0n) is 8.42. The second-order valence-electron chi connectivity index (χ2n) is 2.93. The number of carbonyl (C=O) groups is 1. The Morgan fingerprint density at radius 3 is 2.62 bits per heavy atom. The van der Waals surface area contributed by atoms with Gasteiger partial charge < -0.3 is 9.47 Å². The summed E-state index contributed by atoms with van der Waals surface area (Å²) in [6.45, 7) is 6.09. The Hall–Kier alpha value is -0.870. The van der Waals surface area contributed by atoms with E-state index < -0.39 is 5.54 Å². The van der Waals surface area contributed by atoms with E-state index in [-0.39, 0.29) is 12.6 Å². The fourth-order valence-corrected chi connectivity index (χ4v) is 0.993. The van der Waals surface area contributed by atoms with Crippen LogP contribution in [0.15, 0.2) is 12.7 Å². The van der Waals surface area contributed by atoms with Crippen LogP contribution in [0.3, 0.4) is 0 Å². The molecule has 0 heterocycles. The van der Waals surface area contributed by atoms with Crippen LogP contribution in [0.1, 0.15) is 6.92 Å². The Balaban J connectivity index is 4.31. The average molecular weight is 187 g/mol. The highest BCUT2D eigenvalue weighted by Gasteiger charge is 2.33. The van der Waals surface area contributed by atoms with Gasteiger partial charge in [-0.3, -0.25) is 5.32 Å². The third kappa shape index (κ3) is 3.57. The standard InChI is InChI=1S/C9H17NO3/c1-5-6-10-9(2,7-12-3)8(11)13-4/h5,10H,1,6-7H2,2-4H3. The predicted molar refractivity (Wildman–Crippen MR) is 50.5 cm³/mol. The highest BCUT2D eigenvalue weighted by Crippen LogP contribution is 2.06. The molecule has 0 bridgehead atoms. The first-order valence-corrected chi connectivity index (χ1v) is 4.04. The van der Waals surface area contributed by atoms with Gasteiger partial charge in [-0.25, -0.2) is 4.79 Å². The van der Waals surface area contributed by atoms with Crippen LogP contribution in [0, 0.1) is 0 Å². The molecule has 1 N–H and O–H groups in total. The second-order valence-corrected chi connectivity index (χ2v) is 2.93. The summed E-state index contributed by atoms with van der Waals surface area (Å²) in [5, 5.41) is 2.98. The molecule has 0 amide bonds. The van der Waals surface area contributed by atoms with Gasteiger partial charge in [0.15, 0.2) is 0 Å². The van der Waals surface area contributed by atoms with Crippen LogP contribution in [0.2, 0.25) is 0 Å². The summed E-state index contributed by atoms with van der Waals surface area (Å²) in [7, 11) is 2.89. The molecule has 76 valence electrons. The minimum Gasteiger partial charge on any atom is -0.468 e. The van der Waals surface area contributed by atoms with E-state index in [1.54, 1.807) is 13.0 Å². The molecule has 1 atom stereocenters. The quantitative estimate of drug-likeness (QED) is 0.481. The van der Waals surface area contributed by atoms with Gasteiger partial charge in [0.2, 0.25) is 0 Å². The molecule has 0 spiro atoms. The summed E-state index contributed by atoms with van der Waals surface area (Å²) in [4.78, 5) is 11.3. The third-order valence-corrected chi connectivity index (χ3v) is 1.71. The van der Waals surface area contributed by atoms with Crippen LogP contribution in [-0.2, 0) is 14.3 Å².